The van der Waals surface area contributed by atoms with Crippen LogP contribution < -0.4 is 14.8 Å². The summed E-state index contributed by atoms with van der Waals surface area (Å²) in [6.07, 6.45) is 1.15. The predicted molar refractivity (Wildman–Crippen MR) is 96.7 cm³/mol. The van der Waals surface area contributed by atoms with Crippen molar-refractivity contribution in [1.82, 2.24) is 10.2 Å². The molecule has 0 aliphatic carbocycles. The molecular formula is C20H26N2O2. The monoisotopic (exact) mass is 326 g/mol. The highest BCUT2D eigenvalue weighted by atomic mass is 16.5. The summed E-state index contributed by atoms with van der Waals surface area (Å²) in [7, 11) is 3.36. The molecule has 0 aromatic heterocycles. The minimum atomic E-state index is 0.782. The molecule has 1 N–H and O–H groups in total. The lowest BCUT2D eigenvalue weighted by molar-refractivity contribution is 0.253. The van der Waals surface area contributed by atoms with Crippen molar-refractivity contribution in [1.29, 1.82) is 0 Å². The predicted octanol–water partition coefficient (Wildman–Crippen LogP) is 2.85. The van der Waals surface area contributed by atoms with E-state index in [1.165, 1.54) is 11.1 Å². The second-order valence-electron chi connectivity index (χ2n) is 6.12. The van der Waals surface area contributed by atoms with Gasteiger partial charge in [0.2, 0.25) is 0 Å². The molecule has 4 nitrogen and oxygen atoms in total. The van der Waals surface area contributed by atoms with E-state index in [4.69, 9.17) is 9.47 Å². The Labute approximate surface area is 144 Å². The topological polar surface area (TPSA) is 33.7 Å². The molecule has 0 amide bonds. The summed E-state index contributed by atoms with van der Waals surface area (Å²) in [4.78, 5) is 2.51. The van der Waals surface area contributed by atoms with Gasteiger partial charge in [-0.2, -0.15) is 0 Å². The Balaban J connectivity index is 1.48. The van der Waals surface area contributed by atoms with Gasteiger partial charge in [-0.15, -0.1) is 0 Å². The van der Waals surface area contributed by atoms with Crippen molar-refractivity contribution in [3.8, 4) is 11.5 Å². The smallest absolute Gasteiger partial charge is 0.165 e. The average Bonchev–Trinajstić information content (AvgIpc) is 2.64. The first kappa shape index (κ1) is 16.8. The Morgan fingerprint density at radius 3 is 2.62 bits per heavy atom. The molecule has 4 heteroatoms. The summed E-state index contributed by atoms with van der Waals surface area (Å²) in [5, 5.41) is 3.52. The van der Waals surface area contributed by atoms with E-state index in [2.05, 4.69) is 40.5 Å². The van der Waals surface area contributed by atoms with Gasteiger partial charge in [-0.25, -0.2) is 0 Å². The maximum absolute atomic E-state index is 5.48. The van der Waals surface area contributed by atoms with E-state index >= 15 is 0 Å². The number of methoxy groups -OCH3 is 2. The Morgan fingerprint density at radius 2 is 1.83 bits per heavy atom. The molecule has 2 aromatic rings. The lowest BCUT2D eigenvalue weighted by atomic mass is 10.00. The SMILES string of the molecule is COc1cccc(CNCCN2CCc3ccccc3C2)c1OC. The molecule has 0 radical (unpaired) electrons. The number of benzene rings is 2. The van der Waals surface area contributed by atoms with Crippen molar-refractivity contribution in [3.63, 3.8) is 0 Å². The largest absolute Gasteiger partial charge is 0.493 e. The number of nitrogens with one attached hydrogen (secondary N) is 1. The number of fused-ring (bicyclic) bond motifs is 1. The second-order valence-corrected chi connectivity index (χ2v) is 6.12. The van der Waals surface area contributed by atoms with Crippen molar-refractivity contribution < 1.29 is 9.47 Å². The normalized spacial score (nSPS) is 14.2. The first-order valence-electron chi connectivity index (χ1n) is 8.51. The maximum atomic E-state index is 5.48. The Morgan fingerprint density at radius 1 is 1.00 bits per heavy atom. The van der Waals surface area contributed by atoms with Gasteiger partial charge in [-0.05, 0) is 23.6 Å². The summed E-state index contributed by atoms with van der Waals surface area (Å²) in [5.41, 5.74) is 4.10. The van der Waals surface area contributed by atoms with Crippen LogP contribution in [0.4, 0.5) is 0 Å². The molecule has 1 aliphatic heterocycles. The van der Waals surface area contributed by atoms with Crippen LogP contribution in [0.15, 0.2) is 42.5 Å². The zero-order valence-corrected chi connectivity index (χ0v) is 14.5. The number of hydrogen-bond donors (Lipinski definition) is 1. The molecule has 0 unspecified atom stereocenters. The number of hydrogen-bond acceptors (Lipinski definition) is 4. The van der Waals surface area contributed by atoms with E-state index in [1.807, 2.05) is 12.1 Å². The summed E-state index contributed by atoms with van der Waals surface area (Å²) in [6, 6.07) is 14.8. The zero-order valence-electron chi connectivity index (χ0n) is 14.5. The van der Waals surface area contributed by atoms with Gasteiger partial charge >= 0.3 is 0 Å². The molecule has 3 rings (SSSR count). The first-order chi connectivity index (χ1) is 11.8. The van der Waals surface area contributed by atoms with Crippen LogP contribution in [0, 0.1) is 0 Å². The van der Waals surface area contributed by atoms with Gasteiger partial charge in [-0.1, -0.05) is 36.4 Å². The Kier molecular flexibility index (Phi) is 5.72. The van der Waals surface area contributed by atoms with Crippen LogP contribution in [0.25, 0.3) is 0 Å². The highest BCUT2D eigenvalue weighted by Gasteiger charge is 2.15. The fourth-order valence-corrected chi connectivity index (χ4v) is 3.30. The fourth-order valence-electron chi connectivity index (χ4n) is 3.30. The molecule has 1 heterocycles. The van der Waals surface area contributed by atoms with E-state index in [1.54, 1.807) is 14.2 Å². The van der Waals surface area contributed by atoms with E-state index < -0.39 is 0 Å². The van der Waals surface area contributed by atoms with Crippen molar-refractivity contribution in [2.45, 2.75) is 19.5 Å². The molecule has 0 saturated heterocycles. The Bertz CT molecular complexity index is 672. The van der Waals surface area contributed by atoms with Crippen molar-refractivity contribution in [3.05, 3.63) is 59.2 Å². The Hall–Kier alpha value is -2.04. The van der Waals surface area contributed by atoms with Gasteiger partial charge in [0, 0.05) is 38.3 Å². The highest BCUT2D eigenvalue weighted by Crippen LogP contribution is 2.30. The third-order valence-electron chi connectivity index (χ3n) is 4.61. The van der Waals surface area contributed by atoms with Crippen LogP contribution in [0.2, 0.25) is 0 Å². The first-order valence-corrected chi connectivity index (χ1v) is 8.51. The molecule has 128 valence electrons. The quantitative estimate of drug-likeness (QED) is 0.793. The number of rotatable bonds is 7. The zero-order chi connectivity index (χ0) is 16.8. The van der Waals surface area contributed by atoms with Gasteiger partial charge in [-0.3, -0.25) is 4.90 Å². The minimum Gasteiger partial charge on any atom is -0.493 e. The summed E-state index contributed by atoms with van der Waals surface area (Å²) in [5.74, 6) is 1.60. The van der Waals surface area contributed by atoms with E-state index in [0.29, 0.717) is 0 Å². The van der Waals surface area contributed by atoms with Gasteiger partial charge in [0.05, 0.1) is 14.2 Å². The molecule has 0 bridgehead atoms. The van der Waals surface area contributed by atoms with Gasteiger partial charge in [0.15, 0.2) is 11.5 Å². The fraction of sp³-hybridized carbons (Fsp3) is 0.400. The van der Waals surface area contributed by atoms with Crippen LogP contribution in [-0.2, 0) is 19.5 Å². The van der Waals surface area contributed by atoms with Crippen molar-refractivity contribution in [2.24, 2.45) is 0 Å². The van der Waals surface area contributed by atoms with Crippen LogP contribution >= 0.6 is 0 Å². The third-order valence-corrected chi connectivity index (χ3v) is 4.61. The van der Waals surface area contributed by atoms with Crippen LogP contribution in [-0.4, -0.2) is 38.8 Å². The molecule has 24 heavy (non-hydrogen) atoms. The van der Waals surface area contributed by atoms with Crippen LogP contribution in [0.3, 0.4) is 0 Å². The molecule has 0 saturated carbocycles. The molecule has 2 aromatic carbocycles. The van der Waals surface area contributed by atoms with Gasteiger partial charge < -0.3 is 14.8 Å². The van der Waals surface area contributed by atoms with E-state index in [0.717, 1.165) is 56.2 Å². The molecular weight excluding hydrogens is 300 g/mol. The van der Waals surface area contributed by atoms with E-state index in [-0.39, 0.29) is 0 Å². The summed E-state index contributed by atoms with van der Waals surface area (Å²) in [6.45, 7) is 5.00. The molecule has 0 spiro atoms. The molecule has 0 fully saturated rings. The molecule has 1 aliphatic rings. The average molecular weight is 326 g/mol. The highest BCUT2D eigenvalue weighted by molar-refractivity contribution is 5.46. The maximum Gasteiger partial charge on any atom is 0.165 e. The van der Waals surface area contributed by atoms with Crippen molar-refractivity contribution >= 4 is 0 Å². The second kappa shape index (κ2) is 8.18. The lowest BCUT2D eigenvalue weighted by Gasteiger charge is -2.28. The summed E-state index contributed by atoms with van der Waals surface area (Å²) >= 11 is 0. The summed E-state index contributed by atoms with van der Waals surface area (Å²) < 4.78 is 10.8. The lowest BCUT2D eigenvalue weighted by Crippen LogP contribution is -2.36. The van der Waals surface area contributed by atoms with Crippen LogP contribution in [0.5, 0.6) is 11.5 Å². The standard InChI is InChI=1S/C20H26N2O2/c1-23-19-9-5-8-17(20(19)24-2)14-21-11-13-22-12-10-16-6-3-4-7-18(16)15-22/h3-9,21H,10-15H2,1-2H3. The third kappa shape index (κ3) is 3.89. The van der Waals surface area contributed by atoms with Gasteiger partial charge in [0.25, 0.3) is 0 Å². The molecule has 0 atom stereocenters. The van der Waals surface area contributed by atoms with Gasteiger partial charge in [0.1, 0.15) is 0 Å². The van der Waals surface area contributed by atoms with Crippen LogP contribution in [0.1, 0.15) is 16.7 Å². The van der Waals surface area contributed by atoms with E-state index in [9.17, 15) is 0 Å². The number of ether oxygens (including phenoxy) is 2. The minimum absolute atomic E-state index is 0.782. The number of nitrogens with zero attached hydrogens (tertiary/aromatic N) is 1. The van der Waals surface area contributed by atoms with Crippen molar-refractivity contribution in [2.75, 3.05) is 33.9 Å². The number of para-hydroxylation sites is 1.